The normalized spacial score (nSPS) is 10.3. The number of aliphatic carboxylic acids is 1. The quantitative estimate of drug-likeness (QED) is 0.883. The fourth-order valence-corrected chi connectivity index (χ4v) is 3.22. The topological polar surface area (TPSA) is 57.6 Å². The monoisotopic (exact) mass is 373 g/mol. The van der Waals surface area contributed by atoms with Crippen molar-refractivity contribution in [3.63, 3.8) is 0 Å². The second kappa shape index (κ2) is 6.39. The van der Waals surface area contributed by atoms with Crippen LogP contribution in [0.4, 0.5) is 5.69 Å². The third-order valence-electron chi connectivity index (χ3n) is 2.49. The summed E-state index contributed by atoms with van der Waals surface area (Å²) in [4.78, 5) is 25.1. The maximum absolute atomic E-state index is 12.5. The first kappa shape index (κ1) is 15.0. The molecule has 0 atom stereocenters. The molecule has 0 fully saturated rings. The molecule has 0 spiro atoms. The lowest BCUT2D eigenvalue weighted by molar-refractivity contribution is -0.135. The highest BCUT2D eigenvalue weighted by atomic mass is 79.9. The molecule has 104 valence electrons. The number of carbonyl (C=O) groups excluding carboxylic acids is 1. The summed E-state index contributed by atoms with van der Waals surface area (Å²) >= 11 is 10.3. The second-order valence-corrected chi connectivity index (χ2v) is 6.07. The minimum atomic E-state index is -1.08. The van der Waals surface area contributed by atoms with Gasteiger partial charge in [-0.1, -0.05) is 11.6 Å². The van der Waals surface area contributed by atoms with Crippen molar-refractivity contribution < 1.29 is 14.7 Å². The molecule has 1 heterocycles. The van der Waals surface area contributed by atoms with E-state index >= 15 is 0 Å². The van der Waals surface area contributed by atoms with Crippen LogP contribution < -0.4 is 4.90 Å². The standard InChI is InChI=1S/C13H9BrClNO3S/c14-10-5-6-20-12(10)13(19)16(7-11(17)18)9-3-1-8(15)2-4-9/h1-6H,7H2,(H,17,18). The molecule has 1 aromatic heterocycles. The van der Waals surface area contributed by atoms with Gasteiger partial charge in [-0.15, -0.1) is 11.3 Å². The molecular weight excluding hydrogens is 366 g/mol. The fraction of sp³-hybridized carbons (Fsp3) is 0.0769. The molecule has 2 rings (SSSR count). The van der Waals surface area contributed by atoms with Crippen LogP contribution in [0.1, 0.15) is 9.67 Å². The molecular formula is C13H9BrClNO3S. The SMILES string of the molecule is O=C(O)CN(C(=O)c1sccc1Br)c1ccc(Cl)cc1. The zero-order valence-electron chi connectivity index (χ0n) is 10.0. The molecule has 0 radical (unpaired) electrons. The lowest BCUT2D eigenvalue weighted by Crippen LogP contribution is -2.35. The lowest BCUT2D eigenvalue weighted by Gasteiger charge is -2.20. The number of amides is 1. The van der Waals surface area contributed by atoms with Gasteiger partial charge in [-0.05, 0) is 51.6 Å². The number of rotatable bonds is 4. The van der Waals surface area contributed by atoms with Gasteiger partial charge in [0.15, 0.2) is 0 Å². The Kier molecular flexibility index (Phi) is 4.80. The average Bonchev–Trinajstić information content (AvgIpc) is 2.82. The van der Waals surface area contributed by atoms with E-state index in [1.54, 1.807) is 35.7 Å². The molecule has 1 N–H and O–H groups in total. The number of carbonyl (C=O) groups is 2. The van der Waals surface area contributed by atoms with E-state index in [9.17, 15) is 9.59 Å². The van der Waals surface area contributed by atoms with Crippen LogP contribution in [0.15, 0.2) is 40.2 Å². The van der Waals surface area contributed by atoms with Crippen molar-refractivity contribution in [1.29, 1.82) is 0 Å². The molecule has 0 aliphatic heterocycles. The van der Waals surface area contributed by atoms with Crippen molar-refractivity contribution in [2.45, 2.75) is 0 Å². The number of carboxylic acid groups (broad SMARTS) is 1. The molecule has 2 aromatic rings. The predicted octanol–water partition coefficient (Wildman–Crippen LogP) is 3.90. The van der Waals surface area contributed by atoms with Gasteiger partial charge in [-0.2, -0.15) is 0 Å². The maximum Gasteiger partial charge on any atom is 0.323 e. The third-order valence-corrected chi connectivity index (χ3v) is 4.57. The lowest BCUT2D eigenvalue weighted by atomic mass is 10.2. The number of benzene rings is 1. The molecule has 1 amide bonds. The second-order valence-electron chi connectivity index (χ2n) is 3.86. The van der Waals surface area contributed by atoms with Crippen LogP contribution in [0.3, 0.4) is 0 Å². The van der Waals surface area contributed by atoms with E-state index in [1.165, 1.54) is 16.2 Å². The minimum Gasteiger partial charge on any atom is -0.480 e. The predicted molar refractivity (Wildman–Crippen MR) is 82.8 cm³/mol. The van der Waals surface area contributed by atoms with Crippen LogP contribution in [0.25, 0.3) is 0 Å². The molecule has 0 saturated heterocycles. The van der Waals surface area contributed by atoms with Gasteiger partial charge in [-0.3, -0.25) is 14.5 Å². The van der Waals surface area contributed by atoms with E-state index in [2.05, 4.69) is 15.9 Å². The average molecular weight is 375 g/mol. The van der Waals surface area contributed by atoms with Gasteiger partial charge >= 0.3 is 5.97 Å². The van der Waals surface area contributed by atoms with E-state index in [4.69, 9.17) is 16.7 Å². The summed E-state index contributed by atoms with van der Waals surface area (Å²) in [5, 5.41) is 11.3. The summed E-state index contributed by atoms with van der Waals surface area (Å²) in [6, 6.07) is 8.21. The van der Waals surface area contributed by atoms with Crippen LogP contribution in [0, 0.1) is 0 Å². The van der Waals surface area contributed by atoms with Crippen molar-refractivity contribution in [2.75, 3.05) is 11.4 Å². The molecule has 0 aliphatic carbocycles. The Labute approximate surface area is 132 Å². The van der Waals surface area contributed by atoms with Crippen molar-refractivity contribution in [3.05, 3.63) is 50.1 Å². The molecule has 0 saturated carbocycles. The Morgan fingerprint density at radius 2 is 1.90 bits per heavy atom. The van der Waals surface area contributed by atoms with Gasteiger partial charge < -0.3 is 5.11 Å². The number of thiophene rings is 1. The Morgan fingerprint density at radius 3 is 2.40 bits per heavy atom. The first-order valence-electron chi connectivity index (χ1n) is 5.51. The van der Waals surface area contributed by atoms with E-state index < -0.39 is 12.5 Å². The summed E-state index contributed by atoms with van der Waals surface area (Å²) in [5.74, 6) is -1.45. The van der Waals surface area contributed by atoms with Gasteiger partial charge in [0.2, 0.25) is 0 Å². The van der Waals surface area contributed by atoms with Crippen molar-refractivity contribution >= 4 is 56.4 Å². The minimum absolute atomic E-state index is 0.364. The molecule has 4 nitrogen and oxygen atoms in total. The molecule has 1 aromatic carbocycles. The van der Waals surface area contributed by atoms with Crippen LogP contribution in [-0.4, -0.2) is 23.5 Å². The molecule has 7 heteroatoms. The van der Waals surface area contributed by atoms with Crippen molar-refractivity contribution in [1.82, 2.24) is 0 Å². The highest BCUT2D eigenvalue weighted by Gasteiger charge is 2.23. The summed E-state index contributed by atoms with van der Waals surface area (Å²) in [6.07, 6.45) is 0. The van der Waals surface area contributed by atoms with Gasteiger partial charge in [0.05, 0.1) is 0 Å². The van der Waals surface area contributed by atoms with Crippen LogP contribution in [-0.2, 0) is 4.79 Å². The van der Waals surface area contributed by atoms with E-state index in [0.717, 1.165) is 0 Å². The summed E-state index contributed by atoms with van der Waals surface area (Å²) < 4.78 is 0.650. The Morgan fingerprint density at radius 1 is 1.25 bits per heavy atom. The smallest absolute Gasteiger partial charge is 0.323 e. The number of anilines is 1. The van der Waals surface area contributed by atoms with Crippen molar-refractivity contribution in [3.8, 4) is 0 Å². The number of hydrogen-bond acceptors (Lipinski definition) is 3. The summed E-state index contributed by atoms with van der Waals surface area (Å²) in [5.41, 5.74) is 0.488. The first-order valence-corrected chi connectivity index (χ1v) is 7.56. The molecule has 0 aliphatic rings. The fourth-order valence-electron chi connectivity index (χ4n) is 1.61. The first-order chi connectivity index (χ1) is 9.49. The summed E-state index contributed by atoms with van der Waals surface area (Å²) in [7, 11) is 0. The van der Waals surface area contributed by atoms with Gasteiger partial charge in [0.1, 0.15) is 11.4 Å². The van der Waals surface area contributed by atoms with Gasteiger partial charge in [-0.25, -0.2) is 0 Å². The zero-order chi connectivity index (χ0) is 14.7. The number of carboxylic acids is 1. The van der Waals surface area contributed by atoms with E-state index in [-0.39, 0.29) is 5.91 Å². The largest absolute Gasteiger partial charge is 0.480 e. The molecule has 0 unspecified atom stereocenters. The Balaban J connectivity index is 2.37. The Hall–Kier alpha value is -1.37. The van der Waals surface area contributed by atoms with Gasteiger partial charge in [0, 0.05) is 15.2 Å². The maximum atomic E-state index is 12.5. The number of halogens is 2. The third kappa shape index (κ3) is 3.39. The summed E-state index contributed by atoms with van der Waals surface area (Å²) in [6.45, 7) is -0.412. The van der Waals surface area contributed by atoms with Crippen LogP contribution >= 0.6 is 38.9 Å². The van der Waals surface area contributed by atoms with E-state index in [1.807, 2.05) is 0 Å². The molecule has 0 bridgehead atoms. The van der Waals surface area contributed by atoms with Crippen molar-refractivity contribution in [2.24, 2.45) is 0 Å². The zero-order valence-corrected chi connectivity index (χ0v) is 13.2. The highest BCUT2D eigenvalue weighted by molar-refractivity contribution is 9.10. The van der Waals surface area contributed by atoms with E-state index in [0.29, 0.717) is 20.1 Å². The Bertz CT molecular complexity index is 641. The number of nitrogens with zero attached hydrogens (tertiary/aromatic N) is 1. The van der Waals surface area contributed by atoms with Gasteiger partial charge in [0.25, 0.3) is 5.91 Å². The highest BCUT2D eigenvalue weighted by Crippen LogP contribution is 2.27. The number of hydrogen-bond donors (Lipinski definition) is 1. The molecule has 20 heavy (non-hydrogen) atoms. The van der Waals surface area contributed by atoms with Crippen LogP contribution in [0.5, 0.6) is 0 Å². The van der Waals surface area contributed by atoms with Crippen LogP contribution in [0.2, 0.25) is 5.02 Å².